The summed E-state index contributed by atoms with van der Waals surface area (Å²) in [5.41, 5.74) is 9.74. The lowest BCUT2D eigenvalue weighted by atomic mass is 9.96. The summed E-state index contributed by atoms with van der Waals surface area (Å²) in [7, 11) is 0. The first-order valence-corrected chi connectivity index (χ1v) is 7.41. The summed E-state index contributed by atoms with van der Waals surface area (Å²) in [5.74, 6) is -0.356. The number of benzene rings is 2. The highest BCUT2D eigenvalue weighted by molar-refractivity contribution is 5.93. The van der Waals surface area contributed by atoms with Crippen LogP contribution >= 0.6 is 0 Å². The summed E-state index contributed by atoms with van der Waals surface area (Å²) >= 11 is 0. The maximum atomic E-state index is 11.3. The number of fused-ring (bicyclic) bond motifs is 1. The average Bonchev–Trinajstić information content (AvgIpc) is 2.54. The van der Waals surface area contributed by atoms with Gasteiger partial charge in [-0.15, -0.1) is 0 Å². The van der Waals surface area contributed by atoms with Crippen molar-refractivity contribution in [1.29, 1.82) is 0 Å². The van der Waals surface area contributed by atoms with Gasteiger partial charge in [-0.3, -0.25) is 4.79 Å². The van der Waals surface area contributed by atoms with Gasteiger partial charge < -0.3 is 10.6 Å². The maximum Gasteiger partial charge on any atom is 0.248 e. The van der Waals surface area contributed by atoms with Crippen LogP contribution in [0.15, 0.2) is 48.5 Å². The van der Waals surface area contributed by atoms with E-state index >= 15 is 0 Å². The van der Waals surface area contributed by atoms with Crippen molar-refractivity contribution in [3.05, 3.63) is 65.2 Å². The first-order valence-electron chi connectivity index (χ1n) is 7.41. The Labute approximate surface area is 125 Å². The van der Waals surface area contributed by atoms with Crippen molar-refractivity contribution >= 4 is 11.6 Å². The number of anilines is 1. The zero-order chi connectivity index (χ0) is 14.8. The van der Waals surface area contributed by atoms with E-state index in [1.807, 2.05) is 24.3 Å². The molecule has 0 radical (unpaired) electrons. The molecule has 0 saturated heterocycles. The van der Waals surface area contributed by atoms with E-state index in [9.17, 15) is 4.79 Å². The number of hydrogen-bond acceptors (Lipinski definition) is 2. The van der Waals surface area contributed by atoms with Crippen molar-refractivity contribution in [3.63, 3.8) is 0 Å². The normalized spacial score (nSPS) is 15.4. The molecular formula is C18H20N2O. The van der Waals surface area contributed by atoms with Gasteiger partial charge in [-0.05, 0) is 49.1 Å². The van der Waals surface area contributed by atoms with Gasteiger partial charge in [0.05, 0.1) is 6.04 Å². The van der Waals surface area contributed by atoms with Gasteiger partial charge in [0.2, 0.25) is 5.91 Å². The molecule has 108 valence electrons. The molecule has 0 aromatic heterocycles. The molecule has 0 spiro atoms. The fraction of sp³-hybridized carbons (Fsp3) is 0.278. The number of carbonyl (C=O) groups is 1. The van der Waals surface area contributed by atoms with Crippen LogP contribution in [0.4, 0.5) is 5.69 Å². The van der Waals surface area contributed by atoms with E-state index in [0.717, 1.165) is 19.4 Å². The van der Waals surface area contributed by atoms with Crippen molar-refractivity contribution in [2.24, 2.45) is 5.73 Å². The topological polar surface area (TPSA) is 46.3 Å². The van der Waals surface area contributed by atoms with E-state index in [2.05, 4.69) is 36.1 Å². The summed E-state index contributed by atoms with van der Waals surface area (Å²) < 4.78 is 0. The number of rotatable bonds is 3. The quantitative estimate of drug-likeness (QED) is 0.937. The van der Waals surface area contributed by atoms with Crippen molar-refractivity contribution in [2.75, 3.05) is 11.4 Å². The molecule has 1 heterocycles. The Bertz CT molecular complexity index is 652. The molecule has 0 aliphatic carbocycles. The van der Waals surface area contributed by atoms with Crippen LogP contribution in [0.2, 0.25) is 0 Å². The molecule has 1 unspecified atom stereocenters. The number of nitrogens with zero attached hydrogens (tertiary/aromatic N) is 1. The minimum Gasteiger partial charge on any atom is -0.366 e. The molecule has 0 bridgehead atoms. The Morgan fingerprint density at radius 3 is 2.67 bits per heavy atom. The number of nitrogens with two attached hydrogens (primary N) is 1. The minimum absolute atomic E-state index is 0.324. The molecule has 21 heavy (non-hydrogen) atoms. The molecule has 1 atom stereocenters. The Morgan fingerprint density at radius 1 is 1.19 bits per heavy atom. The molecular weight excluding hydrogens is 260 g/mol. The molecule has 2 N–H and O–H groups in total. The number of primary amides is 1. The van der Waals surface area contributed by atoms with Gasteiger partial charge in [-0.2, -0.15) is 0 Å². The summed E-state index contributed by atoms with van der Waals surface area (Å²) in [5, 5.41) is 0. The predicted molar refractivity (Wildman–Crippen MR) is 85.5 cm³/mol. The van der Waals surface area contributed by atoms with Crippen LogP contribution in [0, 0.1) is 0 Å². The maximum absolute atomic E-state index is 11.3. The van der Waals surface area contributed by atoms with E-state index in [1.54, 1.807) is 0 Å². The molecule has 3 nitrogen and oxygen atoms in total. The Kier molecular flexibility index (Phi) is 3.65. The van der Waals surface area contributed by atoms with Crippen LogP contribution in [-0.4, -0.2) is 12.5 Å². The van der Waals surface area contributed by atoms with Crippen molar-refractivity contribution in [2.45, 2.75) is 25.8 Å². The summed E-state index contributed by atoms with van der Waals surface area (Å²) in [4.78, 5) is 13.7. The van der Waals surface area contributed by atoms with Gasteiger partial charge >= 0.3 is 0 Å². The molecule has 0 saturated carbocycles. The zero-order valence-electron chi connectivity index (χ0n) is 12.3. The highest BCUT2D eigenvalue weighted by Crippen LogP contribution is 2.34. The van der Waals surface area contributed by atoms with Crippen LogP contribution < -0.4 is 10.6 Å². The molecule has 0 fully saturated rings. The molecule has 1 aliphatic rings. The second-order valence-electron chi connectivity index (χ2n) is 5.59. The van der Waals surface area contributed by atoms with Gasteiger partial charge in [-0.1, -0.05) is 30.3 Å². The lowest BCUT2D eigenvalue weighted by Crippen LogP contribution is -2.32. The third kappa shape index (κ3) is 2.64. The van der Waals surface area contributed by atoms with Crippen molar-refractivity contribution in [1.82, 2.24) is 0 Å². The van der Waals surface area contributed by atoms with Gasteiger partial charge in [0.25, 0.3) is 0 Å². The average molecular weight is 280 g/mol. The summed E-state index contributed by atoms with van der Waals surface area (Å²) in [6.45, 7) is 3.27. The van der Waals surface area contributed by atoms with E-state index in [-0.39, 0.29) is 5.91 Å². The largest absolute Gasteiger partial charge is 0.366 e. The van der Waals surface area contributed by atoms with Crippen LogP contribution in [0.1, 0.15) is 40.9 Å². The molecule has 2 aromatic rings. The smallest absolute Gasteiger partial charge is 0.248 e. The monoisotopic (exact) mass is 280 g/mol. The fourth-order valence-corrected chi connectivity index (χ4v) is 3.09. The van der Waals surface area contributed by atoms with Crippen molar-refractivity contribution in [3.8, 4) is 0 Å². The summed E-state index contributed by atoms with van der Waals surface area (Å²) in [6, 6.07) is 16.7. The number of amides is 1. The Hall–Kier alpha value is -2.29. The van der Waals surface area contributed by atoms with E-state index in [1.165, 1.54) is 16.8 Å². The highest BCUT2D eigenvalue weighted by Gasteiger charge is 2.22. The van der Waals surface area contributed by atoms with Crippen molar-refractivity contribution < 1.29 is 4.79 Å². The van der Waals surface area contributed by atoms with Gasteiger partial charge in [0, 0.05) is 17.8 Å². The Balaban J connectivity index is 1.95. The number of aryl methyl sites for hydroxylation is 1. The van der Waals surface area contributed by atoms with E-state index in [4.69, 9.17) is 5.73 Å². The first-order chi connectivity index (χ1) is 10.2. The third-order valence-electron chi connectivity index (χ3n) is 4.27. The highest BCUT2D eigenvalue weighted by atomic mass is 16.1. The Morgan fingerprint density at radius 2 is 1.95 bits per heavy atom. The number of hydrogen-bond donors (Lipinski definition) is 1. The SMILES string of the molecule is CC(c1ccccc1)N1CCCc2cc(C(N)=O)ccc21. The number of carbonyl (C=O) groups excluding carboxylic acids is 1. The lowest BCUT2D eigenvalue weighted by molar-refractivity contribution is 0.1000. The molecule has 3 rings (SSSR count). The zero-order valence-corrected chi connectivity index (χ0v) is 12.3. The van der Waals surface area contributed by atoms with Crippen LogP contribution in [-0.2, 0) is 6.42 Å². The standard InChI is InChI=1S/C18H20N2O/c1-13(14-6-3-2-4-7-14)20-11-5-8-15-12-16(18(19)21)9-10-17(15)20/h2-4,6-7,9-10,12-13H,5,8,11H2,1H3,(H2,19,21). The summed E-state index contributed by atoms with van der Waals surface area (Å²) in [6.07, 6.45) is 2.11. The van der Waals surface area contributed by atoms with Crippen LogP contribution in [0.3, 0.4) is 0 Å². The van der Waals surface area contributed by atoms with E-state index < -0.39 is 0 Å². The molecule has 3 heteroatoms. The second kappa shape index (κ2) is 5.60. The fourth-order valence-electron chi connectivity index (χ4n) is 3.09. The van der Waals surface area contributed by atoms with Gasteiger partial charge in [-0.25, -0.2) is 0 Å². The molecule has 1 amide bonds. The molecule has 1 aliphatic heterocycles. The third-order valence-corrected chi connectivity index (χ3v) is 4.27. The predicted octanol–water partition coefficient (Wildman–Crippen LogP) is 3.30. The van der Waals surface area contributed by atoms with Crippen LogP contribution in [0.5, 0.6) is 0 Å². The lowest BCUT2D eigenvalue weighted by Gasteiger charge is -2.36. The molecule has 2 aromatic carbocycles. The first kappa shape index (κ1) is 13.7. The minimum atomic E-state index is -0.356. The van der Waals surface area contributed by atoms with E-state index in [0.29, 0.717) is 11.6 Å². The van der Waals surface area contributed by atoms with Gasteiger partial charge in [0.15, 0.2) is 0 Å². The van der Waals surface area contributed by atoms with Gasteiger partial charge in [0.1, 0.15) is 0 Å². The second-order valence-corrected chi connectivity index (χ2v) is 5.59. The van der Waals surface area contributed by atoms with Crippen LogP contribution in [0.25, 0.3) is 0 Å².